The summed E-state index contributed by atoms with van der Waals surface area (Å²) in [6.07, 6.45) is 2.18. The Kier molecular flexibility index (Phi) is 10.5. The summed E-state index contributed by atoms with van der Waals surface area (Å²) >= 11 is 12.5. The molecule has 4 N–H and O–H groups in total. The minimum Gasteiger partial charge on any atom is -0.495 e. The average Bonchev–Trinajstić information content (AvgIpc) is 2.97. The van der Waals surface area contributed by atoms with Crippen LogP contribution in [0.3, 0.4) is 0 Å². The fourth-order valence-corrected chi connectivity index (χ4v) is 4.67. The maximum Gasteiger partial charge on any atom is 0.248 e. The van der Waals surface area contributed by atoms with Crippen molar-refractivity contribution in [3.8, 4) is 17.2 Å². The monoisotopic (exact) mass is 602 g/mol. The molecule has 0 spiro atoms. The van der Waals surface area contributed by atoms with Gasteiger partial charge in [0, 0.05) is 49.0 Å². The van der Waals surface area contributed by atoms with Crippen molar-refractivity contribution in [1.82, 2.24) is 14.9 Å². The van der Waals surface area contributed by atoms with Gasteiger partial charge in [0.05, 0.1) is 55.5 Å². The van der Waals surface area contributed by atoms with Crippen molar-refractivity contribution >= 4 is 57.7 Å². The number of nitrogens with zero attached hydrogens (tertiary/aromatic N) is 3. The predicted octanol–water partition coefficient (Wildman–Crippen LogP) is 4.89. The summed E-state index contributed by atoms with van der Waals surface area (Å²) < 4.78 is 22.4. The molecule has 2 heterocycles. The quantitative estimate of drug-likeness (QED) is 0.183. The van der Waals surface area contributed by atoms with Gasteiger partial charge in [-0.15, -0.1) is 0 Å². The van der Waals surface area contributed by atoms with E-state index in [1.807, 2.05) is 0 Å². The Hall–Kier alpha value is -3.77. The molecule has 0 atom stereocenters. The van der Waals surface area contributed by atoms with Crippen molar-refractivity contribution in [2.75, 3.05) is 64.3 Å². The number of carbonyl (C=O) groups is 1. The lowest BCUT2D eigenvalue weighted by Crippen LogP contribution is -2.37. The second kappa shape index (κ2) is 14.2. The number of halogens is 2. The highest BCUT2D eigenvalue weighted by molar-refractivity contribution is 6.37. The van der Waals surface area contributed by atoms with Crippen LogP contribution in [0.25, 0.3) is 5.57 Å². The summed E-state index contributed by atoms with van der Waals surface area (Å²) in [7, 11) is 3.05. The van der Waals surface area contributed by atoms with Crippen LogP contribution in [0.4, 0.5) is 23.0 Å². The first-order valence-corrected chi connectivity index (χ1v) is 13.6. The van der Waals surface area contributed by atoms with Gasteiger partial charge in [0.25, 0.3) is 0 Å². The third-order valence-corrected chi connectivity index (χ3v) is 6.95. The lowest BCUT2D eigenvalue weighted by molar-refractivity contribution is -0.112. The van der Waals surface area contributed by atoms with E-state index >= 15 is 0 Å². The highest BCUT2D eigenvalue weighted by Gasteiger charge is 2.18. The second-order valence-electron chi connectivity index (χ2n) is 9.05. The number of carbonyl (C=O) groups excluding carboxylic acids is 1. The molecule has 11 nitrogen and oxygen atoms in total. The number of rotatable bonds is 13. The summed E-state index contributed by atoms with van der Waals surface area (Å²) in [6.45, 7) is 8.46. The molecule has 2 aromatic carbocycles. The molecule has 1 aliphatic heterocycles. The summed E-state index contributed by atoms with van der Waals surface area (Å²) in [5.74, 6) is 1.59. The van der Waals surface area contributed by atoms with Crippen molar-refractivity contribution < 1.29 is 23.7 Å². The van der Waals surface area contributed by atoms with Crippen molar-refractivity contribution in [3.63, 3.8) is 0 Å². The number of methoxy groups -OCH3 is 2. The Bertz CT molecular complexity index is 1400. The van der Waals surface area contributed by atoms with Crippen molar-refractivity contribution in [2.45, 2.75) is 6.42 Å². The van der Waals surface area contributed by atoms with Gasteiger partial charge in [-0.3, -0.25) is 9.69 Å². The number of nitrogens with two attached hydrogens (primary N) is 1. The minimum atomic E-state index is -0.664. The number of ether oxygens (including phenoxy) is 4. The van der Waals surface area contributed by atoms with Gasteiger partial charge in [-0.2, -0.15) is 0 Å². The topological polar surface area (TPSA) is 133 Å². The number of hydrogen-bond donors (Lipinski definition) is 3. The molecule has 1 aliphatic rings. The zero-order chi connectivity index (χ0) is 29.4. The first kappa shape index (κ1) is 30.2. The van der Waals surface area contributed by atoms with E-state index in [4.69, 9.17) is 47.9 Å². The highest BCUT2D eigenvalue weighted by Crippen LogP contribution is 2.38. The van der Waals surface area contributed by atoms with E-state index in [2.05, 4.69) is 32.1 Å². The molecule has 1 aromatic heterocycles. The van der Waals surface area contributed by atoms with Gasteiger partial charge in [-0.05, 0) is 18.6 Å². The minimum absolute atomic E-state index is 0.107. The number of morpholine rings is 1. The van der Waals surface area contributed by atoms with E-state index in [0.717, 1.165) is 39.3 Å². The first-order valence-electron chi connectivity index (χ1n) is 12.8. The fourth-order valence-electron chi connectivity index (χ4n) is 4.16. The third-order valence-electron chi connectivity index (χ3n) is 6.34. The van der Waals surface area contributed by atoms with Gasteiger partial charge < -0.3 is 35.3 Å². The zero-order valence-corrected chi connectivity index (χ0v) is 24.3. The van der Waals surface area contributed by atoms with Crippen molar-refractivity contribution in [1.29, 1.82) is 0 Å². The summed E-state index contributed by atoms with van der Waals surface area (Å²) in [5, 5.41) is 7.12. The van der Waals surface area contributed by atoms with Crippen LogP contribution in [-0.2, 0) is 9.53 Å². The van der Waals surface area contributed by atoms with Crippen LogP contribution < -0.4 is 30.6 Å². The van der Waals surface area contributed by atoms with Crippen LogP contribution in [0, 0.1) is 0 Å². The zero-order valence-electron chi connectivity index (χ0n) is 22.8. The smallest absolute Gasteiger partial charge is 0.248 e. The molecule has 4 rings (SSSR count). The van der Waals surface area contributed by atoms with Gasteiger partial charge in [-0.25, -0.2) is 9.97 Å². The standard InChI is InChI=1S/C28H32Cl2N6O5/c1-17(28(31)37)18-11-22(25(39-3)14-23(18)41-8-4-5-36-6-9-40-10-7-36)35-27-15-26(32-16-33-27)34-21-13-24(38-2)20(30)12-19(21)29/h11-16H,1,4-10H2,2-3H3,(H2,31,37)(H2,32,33,34,35). The molecule has 1 fully saturated rings. The molecule has 1 amide bonds. The molecule has 41 heavy (non-hydrogen) atoms. The van der Waals surface area contributed by atoms with E-state index in [0.29, 0.717) is 62.5 Å². The van der Waals surface area contributed by atoms with E-state index in [-0.39, 0.29) is 5.57 Å². The number of anilines is 4. The SMILES string of the molecule is C=C(C(N)=O)c1cc(Nc2cc(Nc3cc(OC)c(Cl)cc3Cl)ncn2)c(OC)cc1OCCCN1CCOCC1. The Morgan fingerprint density at radius 2 is 1.66 bits per heavy atom. The molecule has 0 unspecified atom stereocenters. The molecule has 3 aromatic rings. The van der Waals surface area contributed by atoms with Crippen LogP contribution in [0.2, 0.25) is 10.0 Å². The number of hydrogen-bond acceptors (Lipinski definition) is 10. The maximum atomic E-state index is 12.1. The maximum absolute atomic E-state index is 12.1. The van der Waals surface area contributed by atoms with E-state index in [1.54, 1.807) is 30.3 Å². The molecular formula is C28H32Cl2N6O5. The number of benzene rings is 2. The van der Waals surface area contributed by atoms with E-state index in [9.17, 15) is 4.79 Å². The molecule has 13 heteroatoms. The highest BCUT2D eigenvalue weighted by atomic mass is 35.5. The first-order chi connectivity index (χ1) is 19.8. The molecule has 0 bridgehead atoms. The fraction of sp³-hybridized carbons (Fsp3) is 0.321. The molecular weight excluding hydrogens is 571 g/mol. The molecule has 218 valence electrons. The van der Waals surface area contributed by atoms with Gasteiger partial charge in [0.2, 0.25) is 5.91 Å². The molecule has 0 aliphatic carbocycles. The Morgan fingerprint density at radius 3 is 2.32 bits per heavy atom. The summed E-state index contributed by atoms with van der Waals surface area (Å²) in [5.41, 5.74) is 7.19. The molecule has 1 saturated heterocycles. The van der Waals surface area contributed by atoms with Crippen molar-refractivity contribution in [3.05, 3.63) is 58.8 Å². The summed E-state index contributed by atoms with van der Waals surface area (Å²) in [6, 6.07) is 8.31. The normalized spacial score (nSPS) is 13.4. The van der Waals surface area contributed by atoms with Crippen molar-refractivity contribution in [2.24, 2.45) is 5.73 Å². The van der Waals surface area contributed by atoms with Crippen LogP contribution >= 0.6 is 23.2 Å². The van der Waals surface area contributed by atoms with Gasteiger partial charge >= 0.3 is 0 Å². The Labute approximate surface area is 248 Å². The average molecular weight is 604 g/mol. The number of nitrogens with one attached hydrogen (secondary N) is 2. The van der Waals surface area contributed by atoms with Crippen LogP contribution in [0.5, 0.6) is 17.2 Å². The number of amides is 1. The van der Waals surface area contributed by atoms with Gasteiger partial charge in [0.15, 0.2) is 0 Å². The summed E-state index contributed by atoms with van der Waals surface area (Å²) in [4.78, 5) is 23.0. The Balaban J connectivity index is 1.53. The lowest BCUT2D eigenvalue weighted by atomic mass is 10.0. The second-order valence-corrected chi connectivity index (χ2v) is 9.87. The molecule has 0 radical (unpaired) electrons. The third kappa shape index (κ3) is 7.92. The van der Waals surface area contributed by atoms with E-state index < -0.39 is 5.91 Å². The van der Waals surface area contributed by atoms with Gasteiger partial charge in [0.1, 0.15) is 35.2 Å². The largest absolute Gasteiger partial charge is 0.495 e. The lowest BCUT2D eigenvalue weighted by Gasteiger charge is -2.26. The molecule has 0 saturated carbocycles. The van der Waals surface area contributed by atoms with Crippen LogP contribution in [0.15, 0.2) is 43.2 Å². The number of aromatic nitrogens is 2. The number of primary amides is 1. The Morgan fingerprint density at radius 1 is 0.976 bits per heavy atom. The predicted molar refractivity (Wildman–Crippen MR) is 160 cm³/mol. The van der Waals surface area contributed by atoms with Crippen LogP contribution in [0.1, 0.15) is 12.0 Å². The van der Waals surface area contributed by atoms with Gasteiger partial charge in [-0.1, -0.05) is 29.8 Å². The van der Waals surface area contributed by atoms with E-state index in [1.165, 1.54) is 20.5 Å². The van der Waals surface area contributed by atoms with Crippen LogP contribution in [-0.4, -0.2) is 74.4 Å².